The number of amides is 1. The van der Waals surface area contributed by atoms with E-state index in [9.17, 15) is 4.79 Å². The van der Waals surface area contributed by atoms with Crippen LogP contribution in [0.15, 0.2) is 12.1 Å². The van der Waals surface area contributed by atoms with Gasteiger partial charge in [-0.15, -0.1) is 0 Å². The zero-order valence-electron chi connectivity index (χ0n) is 16.3. The first-order valence-corrected chi connectivity index (χ1v) is 9.64. The molecule has 144 valence electrons. The molecule has 5 nitrogen and oxygen atoms in total. The van der Waals surface area contributed by atoms with Gasteiger partial charge in [-0.1, -0.05) is 6.42 Å². The topological polar surface area (TPSA) is 56.8 Å². The summed E-state index contributed by atoms with van der Waals surface area (Å²) in [7, 11) is 4.79. The molecule has 2 fully saturated rings. The van der Waals surface area contributed by atoms with E-state index in [4.69, 9.17) is 14.2 Å². The lowest BCUT2D eigenvalue weighted by Crippen LogP contribution is -2.40. The summed E-state index contributed by atoms with van der Waals surface area (Å²) >= 11 is 0. The van der Waals surface area contributed by atoms with E-state index in [1.54, 1.807) is 21.3 Å². The van der Waals surface area contributed by atoms with Crippen LogP contribution in [0.25, 0.3) is 0 Å². The van der Waals surface area contributed by atoms with Crippen molar-refractivity contribution in [3.63, 3.8) is 0 Å². The highest BCUT2D eigenvalue weighted by Crippen LogP contribution is 2.49. The fraction of sp³-hybridized carbons (Fsp3) is 0.667. The summed E-state index contributed by atoms with van der Waals surface area (Å²) in [6.07, 6.45) is 6.51. The van der Waals surface area contributed by atoms with Crippen LogP contribution in [0, 0.1) is 17.8 Å². The fourth-order valence-electron chi connectivity index (χ4n) is 4.88. The molecular formula is C21H31NO4. The molecule has 0 aromatic heterocycles. The summed E-state index contributed by atoms with van der Waals surface area (Å²) in [5.41, 5.74) is 1.00. The molecule has 2 bridgehead atoms. The third kappa shape index (κ3) is 3.92. The van der Waals surface area contributed by atoms with Crippen LogP contribution in [0.4, 0.5) is 0 Å². The van der Waals surface area contributed by atoms with Gasteiger partial charge in [-0.05, 0) is 68.1 Å². The Morgan fingerprint density at radius 1 is 1.12 bits per heavy atom. The van der Waals surface area contributed by atoms with Crippen LogP contribution in [0.1, 0.15) is 44.6 Å². The zero-order chi connectivity index (χ0) is 18.7. The van der Waals surface area contributed by atoms with Crippen molar-refractivity contribution in [3.8, 4) is 17.2 Å². The van der Waals surface area contributed by atoms with Gasteiger partial charge >= 0.3 is 0 Å². The molecule has 1 aromatic carbocycles. The molecule has 0 aliphatic heterocycles. The number of benzene rings is 1. The normalized spacial score (nSPS) is 25.0. The Labute approximate surface area is 156 Å². The van der Waals surface area contributed by atoms with Crippen LogP contribution < -0.4 is 19.5 Å². The predicted molar refractivity (Wildman–Crippen MR) is 101 cm³/mol. The Balaban J connectivity index is 1.55. The van der Waals surface area contributed by atoms with Crippen LogP contribution in [-0.2, 0) is 11.2 Å². The van der Waals surface area contributed by atoms with Crippen molar-refractivity contribution in [2.24, 2.45) is 17.8 Å². The van der Waals surface area contributed by atoms with Crippen molar-refractivity contribution in [2.75, 3.05) is 21.3 Å². The number of rotatable bonds is 8. The lowest BCUT2D eigenvalue weighted by molar-refractivity contribution is -0.122. The first-order valence-electron chi connectivity index (χ1n) is 9.64. The van der Waals surface area contributed by atoms with E-state index in [-0.39, 0.29) is 11.9 Å². The number of carbonyl (C=O) groups is 1. The van der Waals surface area contributed by atoms with Crippen LogP contribution in [0.3, 0.4) is 0 Å². The third-order valence-corrected chi connectivity index (χ3v) is 6.19. The predicted octanol–water partition coefficient (Wildman–Crippen LogP) is 3.59. The van der Waals surface area contributed by atoms with Crippen LogP contribution in [0.5, 0.6) is 17.2 Å². The SMILES string of the molecule is COc1cc(CCC(=O)NC(C)C2CC3CCC2C3)cc(OC)c1OC. The van der Waals surface area contributed by atoms with Gasteiger partial charge in [0, 0.05) is 12.5 Å². The van der Waals surface area contributed by atoms with E-state index in [1.807, 2.05) is 12.1 Å². The van der Waals surface area contributed by atoms with E-state index in [1.165, 1.54) is 25.7 Å². The van der Waals surface area contributed by atoms with Gasteiger partial charge in [-0.25, -0.2) is 0 Å². The second-order valence-electron chi connectivity index (χ2n) is 7.73. The smallest absolute Gasteiger partial charge is 0.220 e. The Morgan fingerprint density at radius 3 is 2.31 bits per heavy atom. The van der Waals surface area contributed by atoms with E-state index < -0.39 is 0 Å². The summed E-state index contributed by atoms with van der Waals surface area (Å²) in [4.78, 5) is 12.4. The molecular weight excluding hydrogens is 330 g/mol. The minimum Gasteiger partial charge on any atom is -0.493 e. The largest absolute Gasteiger partial charge is 0.493 e. The number of methoxy groups -OCH3 is 3. The fourth-order valence-corrected chi connectivity index (χ4v) is 4.88. The third-order valence-electron chi connectivity index (χ3n) is 6.19. The minimum atomic E-state index is 0.119. The van der Waals surface area contributed by atoms with Gasteiger partial charge in [0.25, 0.3) is 0 Å². The van der Waals surface area contributed by atoms with Crippen LogP contribution >= 0.6 is 0 Å². The monoisotopic (exact) mass is 361 g/mol. The zero-order valence-corrected chi connectivity index (χ0v) is 16.3. The minimum absolute atomic E-state index is 0.119. The number of fused-ring (bicyclic) bond motifs is 2. The van der Waals surface area contributed by atoms with Gasteiger partial charge in [-0.3, -0.25) is 4.79 Å². The van der Waals surface area contributed by atoms with Gasteiger partial charge in [0.05, 0.1) is 21.3 Å². The number of nitrogens with one attached hydrogen (secondary N) is 1. The lowest BCUT2D eigenvalue weighted by Gasteiger charge is -2.28. The molecule has 1 aromatic rings. The van der Waals surface area contributed by atoms with E-state index in [0.717, 1.165) is 17.4 Å². The first-order chi connectivity index (χ1) is 12.5. The molecule has 2 aliphatic carbocycles. The average molecular weight is 361 g/mol. The summed E-state index contributed by atoms with van der Waals surface area (Å²) < 4.78 is 16.1. The highest BCUT2D eigenvalue weighted by molar-refractivity contribution is 5.76. The van der Waals surface area contributed by atoms with Crippen molar-refractivity contribution in [1.82, 2.24) is 5.32 Å². The summed E-state index contributed by atoms with van der Waals surface area (Å²) in [6, 6.07) is 4.10. The lowest BCUT2D eigenvalue weighted by atomic mass is 9.84. The number of carbonyl (C=O) groups excluding carboxylic acids is 1. The van der Waals surface area contributed by atoms with Crippen molar-refractivity contribution in [1.29, 1.82) is 0 Å². The molecule has 26 heavy (non-hydrogen) atoms. The molecule has 3 rings (SSSR count). The van der Waals surface area contributed by atoms with E-state index >= 15 is 0 Å². The van der Waals surface area contributed by atoms with Gasteiger partial charge in [-0.2, -0.15) is 0 Å². The van der Waals surface area contributed by atoms with Gasteiger partial charge < -0.3 is 19.5 Å². The van der Waals surface area contributed by atoms with E-state index in [0.29, 0.717) is 36.0 Å². The molecule has 4 unspecified atom stereocenters. The van der Waals surface area contributed by atoms with Crippen molar-refractivity contribution < 1.29 is 19.0 Å². The van der Waals surface area contributed by atoms with Crippen molar-refractivity contribution in [3.05, 3.63) is 17.7 Å². The molecule has 2 saturated carbocycles. The Hall–Kier alpha value is -1.91. The maximum atomic E-state index is 12.4. The molecule has 4 atom stereocenters. The molecule has 2 aliphatic rings. The number of hydrogen-bond donors (Lipinski definition) is 1. The van der Waals surface area contributed by atoms with Crippen molar-refractivity contribution in [2.45, 2.75) is 51.5 Å². The molecule has 5 heteroatoms. The van der Waals surface area contributed by atoms with Gasteiger partial charge in [0.15, 0.2) is 11.5 Å². The number of ether oxygens (including phenoxy) is 3. The van der Waals surface area contributed by atoms with Crippen LogP contribution in [-0.4, -0.2) is 33.3 Å². The Morgan fingerprint density at radius 2 is 1.81 bits per heavy atom. The summed E-state index contributed by atoms with van der Waals surface area (Å²) in [6.45, 7) is 2.17. The quantitative estimate of drug-likeness (QED) is 0.769. The number of aryl methyl sites for hydroxylation is 1. The van der Waals surface area contributed by atoms with Crippen molar-refractivity contribution >= 4 is 5.91 Å². The molecule has 0 saturated heterocycles. The Bertz CT molecular complexity index is 620. The maximum Gasteiger partial charge on any atom is 0.220 e. The second kappa shape index (κ2) is 8.19. The molecule has 0 radical (unpaired) electrons. The van der Waals surface area contributed by atoms with Crippen LogP contribution in [0.2, 0.25) is 0 Å². The van der Waals surface area contributed by atoms with E-state index in [2.05, 4.69) is 12.2 Å². The molecule has 1 amide bonds. The number of hydrogen-bond acceptors (Lipinski definition) is 4. The highest BCUT2D eigenvalue weighted by atomic mass is 16.5. The Kier molecular flexibility index (Phi) is 5.94. The molecule has 0 spiro atoms. The average Bonchev–Trinajstić information content (AvgIpc) is 3.28. The molecule has 0 heterocycles. The second-order valence-corrected chi connectivity index (χ2v) is 7.73. The van der Waals surface area contributed by atoms with Gasteiger partial charge in [0.1, 0.15) is 0 Å². The maximum absolute atomic E-state index is 12.4. The first kappa shape index (κ1) is 18.9. The summed E-state index contributed by atoms with van der Waals surface area (Å²) in [5.74, 6) is 4.34. The van der Waals surface area contributed by atoms with Gasteiger partial charge in [0.2, 0.25) is 11.7 Å². The summed E-state index contributed by atoms with van der Waals surface area (Å²) in [5, 5.41) is 3.23. The highest BCUT2D eigenvalue weighted by Gasteiger charge is 2.42. The molecule has 1 N–H and O–H groups in total. The standard InChI is InChI=1S/C21H31NO4/c1-13(17-10-14-5-7-16(17)9-14)22-20(23)8-6-15-11-18(24-2)21(26-4)19(12-15)25-3/h11-14,16-17H,5-10H2,1-4H3,(H,22,23).